The zero-order valence-electron chi connectivity index (χ0n) is 10.4. The number of carboxylic acid groups (broad SMARTS) is 1. The minimum Gasteiger partial charge on any atom is -0.480 e. The van der Waals surface area contributed by atoms with E-state index < -0.39 is 12.0 Å². The minimum atomic E-state index is -0.975. The van der Waals surface area contributed by atoms with Crippen LogP contribution in [0.5, 0.6) is 0 Å². The van der Waals surface area contributed by atoms with Gasteiger partial charge in [0.15, 0.2) is 5.82 Å². The number of amides is 2. The summed E-state index contributed by atoms with van der Waals surface area (Å²) in [6.45, 7) is 2.90. The number of thioether (sulfide) groups is 1. The first kappa shape index (κ1) is 13.7. The molecular formula is C10H15N5O3S. The average molecular weight is 285 g/mol. The number of aryl methyl sites for hydroxylation is 1. The lowest BCUT2D eigenvalue weighted by Crippen LogP contribution is -2.46. The summed E-state index contributed by atoms with van der Waals surface area (Å²) in [6, 6.07) is -1.14. The van der Waals surface area contributed by atoms with E-state index in [0.29, 0.717) is 17.5 Å². The summed E-state index contributed by atoms with van der Waals surface area (Å²) >= 11 is 1.43. The molecule has 2 N–H and O–H groups in total. The molecule has 1 saturated heterocycles. The minimum absolute atomic E-state index is 0.236. The second-order valence-electron chi connectivity index (χ2n) is 4.02. The predicted octanol–water partition coefficient (Wildman–Crippen LogP) is -0.0329. The van der Waals surface area contributed by atoms with Gasteiger partial charge in [0.25, 0.3) is 0 Å². The first-order valence-corrected chi connectivity index (χ1v) is 7.00. The van der Waals surface area contributed by atoms with Gasteiger partial charge in [-0.15, -0.1) is 22.0 Å². The van der Waals surface area contributed by atoms with Crippen LogP contribution < -0.4 is 5.32 Å². The quantitative estimate of drug-likeness (QED) is 0.805. The van der Waals surface area contributed by atoms with Crippen LogP contribution in [0.25, 0.3) is 0 Å². The molecule has 104 valence electrons. The van der Waals surface area contributed by atoms with Gasteiger partial charge >= 0.3 is 12.0 Å². The van der Waals surface area contributed by atoms with E-state index in [2.05, 4.69) is 15.5 Å². The molecule has 8 nitrogen and oxygen atoms in total. The Kier molecular flexibility index (Phi) is 4.25. The van der Waals surface area contributed by atoms with E-state index in [0.717, 1.165) is 6.54 Å². The first-order chi connectivity index (χ1) is 9.13. The van der Waals surface area contributed by atoms with Crippen LogP contribution in [-0.4, -0.2) is 54.4 Å². The van der Waals surface area contributed by atoms with Gasteiger partial charge < -0.3 is 19.9 Å². The molecule has 1 atom stereocenters. The second kappa shape index (κ2) is 5.91. The summed E-state index contributed by atoms with van der Waals surface area (Å²) in [5, 5.41) is 19.3. The van der Waals surface area contributed by atoms with E-state index in [-0.39, 0.29) is 12.6 Å². The van der Waals surface area contributed by atoms with Gasteiger partial charge in [-0.2, -0.15) is 0 Å². The Bertz CT molecular complexity index is 477. The van der Waals surface area contributed by atoms with E-state index >= 15 is 0 Å². The molecule has 0 aliphatic carbocycles. The van der Waals surface area contributed by atoms with Crippen molar-refractivity contribution in [3.8, 4) is 0 Å². The Balaban J connectivity index is 1.92. The molecule has 0 saturated carbocycles. The van der Waals surface area contributed by atoms with Crippen molar-refractivity contribution in [3.63, 3.8) is 0 Å². The Hall–Kier alpha value is -1.77. The summed E-state index contributed by atoms with van der Waals surface area (Å²) in [4.78, 5) is 24.2. The van der Waals surface area contributed by atoms with E-state index in [1.54, 1.807) is 6.33 Å². The molecule has 0 aromatic carbocycles. The highest BCUT2D eigenvalue weighted by Crippen LogP contribution is 2.20. The number of carboxylic acids is 1. The fourth-order valence-electron chi connectivity index (χ4n) is 1.78. The van der Waals surface area contributed by atoms with Crippen molar-refractivity contribution in [3.05, 3.63) is 12.2 Å². The summed E-state index contributed by atoms with van der Waals surface area (Å²) in [6.07, 6.45) is 1.59. The molecule has 1 aromatic rings. The zero-order chi connectivity index (χ0) is 13.8. The fraction of sp³-hybridized carbons (Fsp3) is 0.600. The Morgan fingerprint density at radius 3 is 3.11 bits per heavy atom. The summed E-state index contributed by atoms with van der Waals surface area (Å²) in [5.41, 5.74) is 0. The lowest BCUT2D eigenvalue weighted by molar-refractivity contribution is -0.140. The van der Waals surface area contributed by atoms with Crippen molar-refractivity contribution in [2.75, 3.05) is 11.6 Å². The molecule has 0 radical (unpaired) electrons. The fourth-order valence-corrected chi connectivity index (χ4v) is 2.93. The van der Waals surface area contributed by atoms with Crippen molar-refractivity contribution in [1.29, 1.82) is 0 Å². The molecule has 0 bridgehead atoms. The molecule has 19 heavy (non-hydrogen) atoms. The third kappa shape index (κ3) is 2.98. The predicted molar refractivity (Wildman–Crippen MR) is 68.5 cm³/mol. The van der Waals surface area contributed by atoms with Gasteiger partial charge in [0, 0.05) is 12.3 Å². The standard InChI is InChI=1S/C10H15N5O3S/c1-2-14-5-12-13-8(14)3-11-10(18)15-6-19-4-7(15)9(16)17/h5,7H,2-4,6H2,1H3,(H,11,18)(H,16,17). The number of carbonyl (C=O) groups is 2. The number of nitrogens with one attached hydrogen (secondary N) is 1. The van der Waals surface area contributed by atoms with E-state index in [1.807, 2.05) is 11.5 Å². The maximum atomic E-state index is 11.9. The molecule has 9 heteroatoms. The number of rotatable bonds is 4. The number of nitrogens with zero attached hydrogens (tertiary/aromatic N) is 4. The van der Waals surface area contributed by atoms with Crippen LogP contribution in [0.15, 0.2) is 6.33 Å². The van der Waals surface area contributed by atoms with Crippen molar-refractivity contribution >= 4 is 23.8 Å². The zero-order valence-corrected chi connectivity index (χ0v) is 11.3. The van der Waals surface area contributed by atoms with Gasteiger partial charge in [-0.25, -0.2) is 9.59 Å². The highest BCUT2D eigenvalue weighted by atomic mass is 32.2. The SMILES string of the molecule is CCn1cnnc1CNC(=O)N1CSCC1C(=O)O. The van der Waals surface area contributed by atoms with Crippen LogP contribution in [0.2, 0.25) is 0 Å². The maximum Gasteiger partial charge on any atom is 0.327 e. The summed E-state index contributed by atoms with van der Waals surface area (Å²) < 4.78 is 1.81. The highest BCUT2D eigenvalue weighted by molar-refractivity contribution is 7.99. The topological polar surface area (TPSA) is 100 Å². The van der Waals surface area contributed by atoms with E-state index in [1.165, 1.54) is 16.7 Å². The molecule has 2 heterocycles. The van der Waals surface area contributed by atoms with Gasteiger partial charge in [-0.3, -0.25) is 0 Å². The Labute approximate surface area is 114 Å². The van der Waals surface area contributed by atoms with Crippen LogP contribution >= 0.6 is 11.8 Å². The Morgan fingerprint density at radius 1 is 1.63 bits per heavy atom. The number of carbonyl (C=O) groups excluding carboxylic acids is 1. The number of hydrogen-bond acceptors (Lipinski definition) is 5. The van der Waals surface area contributed by atoms with Gasteiger partial charge in [-0.1, -0.05) is 0 Å². The second-order valence-corrected chi connectivity index (χ2v) is 5.02. The molecule has 2 amide bonds. The molecule has 1 unspecified atom stereocenters. The van der Waals surface area contributed by atoms with Gasteiger partial charge in [-0.05, 0) is 6.92 Å². The molecule has 1 fully saturated rings. The first-order valence-electron chi connectivity index (χ1n) is 5.85. The van der Waals surface area contributed by atoms with Crippen molar-refractivity contribution in [2.45, 2.75) is 26.1 Å². The average Bonchev–Trinajstić information content (AvgIpc) is 3.04. The van der Waals surface area contributed by atoms with Crippen molar-refractivity contribution in [1.82, 2.24) is 25.0 Å². The summed E-state index contributed by atoms with van der Waals surface area (Å²) in [5.74, 6) is 0.489. The number of aliphatic carboxylic acids is 1. The van der Waals surface area contributed by atoms with E-state index in [4.69, 9.17) is 5.11 Å². The van der Waals surface area contributed by atoms with Crippen molar-refractivity contribution < 1.29 is 14.7 Å². The smallest absolute Gasteiger partial charge is 0.327 e. The van der Waals surface area contributed by atoms with E-state index in [9.17, 15) is 9.59 Å². The van der Waals surface area contributed by atoms with Crippen LogP contribution in [0, 0.1) is 0 Å². The Morgan fingerprint density at radius 2 is 2.42 bits per heavy atom. The molecule has 1 aliphatic rings. The molecule has 2 rings (SSSR count). The number of urea groups is 1. The van der Waals surface area contributed by atoms with Gasteiger partial charge in [0.1, 0.15) is 12.4 Å². The van der Waals surface area contributed by atoms with Crippen LogP contribution in [0.3, 0.4) is 0 Å². The third-order valence-electron chi connectivity index (χ3n) is 2.86. The lowest BCUT2D eigenvalue weighted by atomic mass is 10.3. The highest BCUT2D eigenvalue weighted by Gasteiger charge is 2.34. The van der Waals surface area contributed by atoms with Crippen molar-refractivity contribution in [2.24, 2.45) is 0 Å². The molecule has 1 aromatic heterocycles. The summed E-state index contributed by atoms with van der Waals surface area (Å²) in [7, 11) is 0. The van der Waals surface area contributed by atoms with Crippen LogP contribution in [-0.2, 0) is 17.9 Å². The number of hydrogen-bond donors (Lipinski definition) is 2. The lowest BCUT2D eigenvalue weighted by Gasteiger charge is -2.20. The maximum absolute atomic E-state index is 11.9. The monoisotopic (exact) mass is 285 g/mol. The largest absolute Gasteiger partial charge is 0.480 e. The van der Waals surface area contributed by atoms with Crippen LogP contribution in [0.4, 0.5) is 4.79 Å². The number of aromatic nitrogens is 3. The molecular weight excluding hydrogens is 270 g/mol. The normalized spacial score (nSPS) is 18.6. The van der Waals surface area contributed by atoms with Crippen LogP contribution in [0.1, 0.15) is 12.7 Å². The third-order valence-corrected chi connectivity index (χ3v) is 3.87. The molecule has 1 aliphatic heterocycles. The van der Waals surface area contributed by atoms with Gasteiger partial charge in [0.05, 0.1) is 12.4 Å². The van der Waals surface area contributed by atoms with Gasteiger partial charge in [0.2, 0.25) is 0 Å². The molecule has 0 spiro atoms.